The van der Waals surface area contributed by atoms with E-state index in [0.29, 0.717) is 0 Å². The molecule has 0 saturated carbocycles. The second-order valence-corrected chi connectivity index (χ2v) is 6.64. The van der Waals surface area contributed by atoms with Gasteiger partial charge >= 0.3 is 0 Å². The van der Waals surface area contributed by atoms with E-state index in [2.05, 4.69) is 50.0 Å². The molecule has 0 aliphatic carbocycles. The number of aryl methyl sites for hydroxylation is 3. The molecule has 1 aliphatic heterocycles. The molecule has 1 aromatic carbocycles. The fourth-order valence-electron chi connectivity index (χ4n) is 3.60. The highest BCUT2D eigenvalue weighted by molar-refractivity contribution is 5.96. The number of amides is 1. The normalized spacial score (nSPS) is 17.8. The topological polar surface area (TPSA) is 32.3 Å². The summed E-state index contributed by atoms with van der Waals surface area (Å²) in [7, 11) is 0. The first-order valence-corrected chi connectivity index (χ1v) is 8.65. The Morgan fingerprint density at radius 1 is 1.09 bits per heavy atom. The van der Waals surface area contributed by atoms with Crippen LogP contribution in [0.3, 0.4) is 0 Å². The molecule has 3 heteroatoms. The van der Waals surface area contributed by atoms with Gasteiger partial charge in [0.15, 0.2) is 0 Å². The van der Waals surface area contributed by atoms with E-state index in [1.807, 2.05) is 0 Å². The Hall–Kier alpha value is -1.35. The van der Waals surface area contributed by atoms with Crippen LogP contribution in [0, 0.1) is 20.8 Å². The Bertz CT molecular complexity index is 493. The zero-order valence-electron chi connectivity index (χ0n) is 14.5. The monoisotopic (exact) mass is 302 g/mol. The molecular weight excluding hydrogens is 272 g/mol. The molecular formula is C19H30N2O. The molecule has 1 atom stereocenters. The molecule has 1 N–H and O–H groups in total. The molecule has 0 radical (unpaired) electrons. The van der Waals surface area contributed by atoms with Crippen LogP contribution in [0.25, 0.3) is 0 Å². The van der Waals surface area contributed by atoms with Gasteiger partial charge in [0.2, 0.25) is 5.91 Å². The second-order valence-electron chi connectivity index (χ2n) is 6.64. The zero-order chi connectivity index (χ0) is 16.1. The van der Waals surface area contributed by atoms with Crippen LogP contribution in [0.2, 0.25) is 0 Å². The van der Waals surface area contributed by atoms with Crippen molar-refractivity contribution in [2.24, 2.45) is 0 Å². The number of benzene rings is 1. The lowest BCUT2D eigenvalue weighted by atomic mass is 10.0. The molecule has 1 fully saturated rings. The number of carbonyl (C=O) groups is 1. The summed E-state index contributed by atoms with van der Waals surface area (Å²) in [5.74, 6) is 0.152. The smallest absolute Gasteiger partial charge is 0.241 e. The van der Waals surface area contributed by atoms with Gasteiger partial charge in [0.25, 0.3) is 0 Å². The number of carbonyl (C=O) groups excluding carboxylic acids is 1. The minimum absolute atomic E-state index is 0.00166. The fourth-order valence-corrected chi connectivity index (χ4v) is 3.60. The third-order valence-corrected chi connectivity index (χ3v) is 4.70. The summed E-state index contributed by atoms with van der Waals surface area (Å²) >= 11 is 0. The number of rotatable bonds is 4. The van der Waals surface area contributed by atoms with Gasteiger partial charge in [0.1, 0.15) is 0 Å². The zero-order valence-corrected chi connectivity index (χ0v) is 14.5. The minimum atomic E-state index is -0.00166. The van der Waals surface area contributed by atoms with Crippen molar-refractivity contribution in [3.63, 3.8) is 0 Å². The molecule has 0 unspecified atom stereocenters. The first kappa shape index (κ1) is 17.0. The maximum absolute atomic E-state index is 12.8. The summed E-state index contributed by atoms with van der Waals surface area (Å²) in [6, 6.07) is 4.27. The predicted octanol–water partition coefficient (Wildman–Crippen LogP) is 4.20. The lowest BCUT2D eigenvalue weighted by Gasteiger charge is -2.29. The Balaban J connectivity index is 2.12. The van der Waals surface area contributed by atoms with E-state index >= 15 is 0 Å². The molecule has 122 valence electrons. The highest BCUT2D eigenvalue weighted by Gasteiger charge is 2.25. The van der Waals surface area contributed by atoms with Gasteiger partial charge < -0.3 is 5.32 Å². The number of hydrogen-bond donors (Lipinski definition) is 1. The second kappa shape index (κ2) is 7.77. The van der Waals surface area contributed by atoms with Gasteiger partial charge in [0.05, 0.1) is 6.04 Å². The Morgan fingerprint density at radius 3 is 2.14 bits per heavy atom. The highest BCUT2D eigenvalue weighted by atomic mass is 16.2. The van der Waals surface area contributed by atoms with E-state index in [0.717, 1.165) is 36.3 Å². The number of nitrogens with zero attached hydrogens (tertiary/aromatic N) is 1. The molecule has 0 spiro atoms. The van der Waals surface area contributed by atoms with Crippen LogP contribution in [-0.2, 0) is 4.79 Å². The number of hydrogen-bond acceptors (Lipinski definition) is 2. The van der Waals surface area contributed by atoms with Crippen molar-refractivity contribution in [3.8, 4) is 0 Å². The Morgan fingerprint density at radius 2 is 1.64 bits per heavy atom. The number of anilines is 1. The first-order chi connectivity index (χ1) is 10.5. The molecule has 2 rings (SSSR count). The quantitative estimate of drug-likeness (QED) is 0.904. The summed E-state index contributed by atoms with van der Waals surface area (Å²) in [5.41, 5.74) is 4.53. The Labute approximate surface area is 135 Å². The van der Waals surface area contributed by atoms with Crippen LogP contribution in [0.15, 0.2) is 12.1 Å². The molecule has 0 aromatic heterocycles. The molecule has 1 amide bonds. The maximum Gasteiger partial charge on any atom is 0.241 e. The van der Waals surface area contributed by atoms with Crippen LogP contribution >= 0.6 is 0 Å². The third kappa shape index (κ3) is 4.10. The number of nitrogens with one attached hydrogen (secondary N) is 1. The lowest BCUT2D eigenvalue weighted by Crippen LogP contribution is -2.44. The maximum atomic E-state index is 12.8. The molecule has 22 heavy (non-hydrogen) atoms. The highest BCUT2D eigenvalue weighted by Crippen LogP contribution is 2.23. The minimum Gasteiger partial charge on any atom is -0.324 e. The first-order valence-electron chi connectivity index (χ1n) is 8.65. The van der Waals surface area contributed by atoms with Crippen LogP contribution in [-0.4, -0.2) is 29.9 Å². The van der Waals surface area contributed by atoms with E-state index in [1.165, 1.54) is 31.2 Å². The van der Waals surface area contributed by atoms with Gasteiger partial charge in [-0.2, -0.15) is 0 Å². The van der Waals surface area contributed by atoms with Crippen LogP contribution in [0.4, 0.5) is 5.69 Å². The summed E-state index contributed by atoms with van der Waals surface area (Å²) in [4.78, 5) is 15.2. The molecule has 0 bridgehead atoms. The SMILES string of the molecule is CC[C@@H](C(=O)Nc1c(C)cc(C)cc1C)N1CCCCCC1. The van der Waals surface area contributed by atoms with E-state index in [-0.39, 0.29) is 11.9 Å². The van der Waals surface area contributed by atoms with Crippen LogP contribution < -0.4 is 5.32 Å². The third-order valence-electron chi connectivity index (χ3n) is 4.70. The van der Waals surface area contributed by atoms with Crippen molar-refractivity contribution >= 4 is 11.6 Å². The molecule has 1 aromatic rings. The molecule has 3 nitrogen and oxygen atoms in total. The number of likely N-dealkylation sites (tertiary alicyclic amines) is 1. The lowest BCUT2D eigenvalue weighted by molar-refractivity contribution is -0.121. The van der Waals surface area contributed by atoms with Crippen molar-refractivity contribution in [3.05, 3.63) is 28.8 Å². The van der Waals surface area contributed by atoms with Crippen molar-refractivity contribution < 1.29 is 4.79 Å². The van der Waals surface area contributed by atoms with Crippen molar-refractivity contribution in [1.82, 2.24) is 4.90 Å². The Kier molecular flexibility index (Phi) is 6.01. The van der Waals surface area contributed by atoms with Gasteiger partial charge in [-0.05, 0) is 64.3 Å². The van der Waals surface area contributed by atoms with Crippen LogP contribution in [0.5, 0.6) is 0 Å². The average Bonchev–Trinajstić information content (AvgIpc) is 2.73. The van der Waals surface area contributed by atoms with Crippen molar-refractivity contribution in [2.75, 3.05) is 18.4 Å². The fraction of sp³-hybridized carbons (Fsp3) is 0.632. The molecule has 1 heterocycles. The van der Waals surface area contributed by atoms with Gasteiger partial charge in [-0.1, -0.05) is 37.5 Å². The summed E-state index contributed by atoms with van der Waals surface area (Å²) in [5, 5.41) is 3.19. The summed E-state index contributed by atoms with van der Waals surface area (Å²) < 4.78 is 0. The largest absolute Gasteiger partial charge is 0.324 e. The van der Waals surface area contributed by atoms with Crippen molar-refractivity contribution in [2.45, 2.75) is 65.8 Å². The van der Waals surface area contributed by atoms with Gasteiger partial charge in [-0.3, -0.25) is 9.69 Å². The van der Waals surface area contributed by atoms with E-state index in [9.17, 15) is 4.79 Å². The van der Waals surface area contributed by atoms with Crippen molar-refractivity contribution in [1.29, 1.82) is 0 Å². The average molecular weight is 302 g/mol. The van der Waals surface area contributed by atoms with Gasteiger partial charge in [-0.25, -0.2) is 0 Å². The standard InChI is InChI=1S/C19H30N2O/c1-5-17(21-10-8-6-7-9-11-21)19(22)20-18-15(3)12-14(2)13-16(18)4/h12-13,17H,5-11H2,1-4H3,(H,20,22)/t17-/m0/s1. The molecule has 1 aliphatic rings. The van der Waals surface area contributed by atoms with E-state index in [4.69, 9.17) is 0 Å². The molecule has 1 saturated heterocycles. The predicted molar refractivity (Wildman–Crippen MR) is 93.4 cm³/mol. The summed E-state index contributed by atoms with van der Waals surface area (Å²) in [6.45, 7) is 10.5. The van der Waals surface area contributed by atoms with Crippen LogP contribution in [0.1, 0.15) is 55.7 Å². The summed E-state index contributed by atoms with van der Waals surface area (Å²) in [6.07, 6.45) is 5.89. The van der Waals surface area contributed by atoms with Gasteiger partial charge in [0, 0.05) is 5.69 Å². The van der Waals surface area contributed by atoms with E-state index < -0.39 is 0 Å². The van der Waals surface area contributed by atoms with Gasteiger partial charge in [-0.15, -0.1) is 0 Å². The van der Waals surface area contributed by atoms with E-state index in [1.54, 1.807) is 0 Å².